The summed E-state index contributed by atoms with van der Waals surface area (Å²) in [6, 6.07) is 69.1. The molecule has 0 N–H and O–H groups in total. The van der Waals surface area contributed by atoms with Gasteiger partial charge in [0, 0.05) is 22.4 Å². The van der Waals surface area contributed by atoms with Crippen LogP contribution in [0.25, 0.3) is 65.7 Å². The van der Waals surface area contributed by atoms with Crippen molar-refractivity contribution in [2.75, 3.05) is 4.90 Å². The fraction of sp³-hybridized carbons (Fsp3) is 0.0588. The highest BCUT2D eigenvalue weighted by atomic mass is 15.1. The van der Waals surface area contributed by atoms with E-state index in [0.29, 0.717) is 0 Å². The molecule has 0 amide bonds. The van der Waals surface area contributed by atoms with E-state index in [1.807, 2.05) is 0 Å². The van der Waals surface area contributed by atoms with E-state index in [1.54, 1.807) is 0 Å². The van der Waals surface area contributed by atoms with E-state index in [1.165, 1.54) is 82.5 Å². The van der Waals surface area contributed by atoms with Gasteiger partial charge < -0.3 is 4.90 Å². The first-order valence-corrected chi connectivity index (χ1v) is 18.2. The third-order valence-corrected chi connectivity index (χ3v) is 11.3. The van der Waals surface area contributed by atoms with Crippen molar-refractivity contribution >= 4 is 49.4 Å². The second-order valence-corrected chi connectivity index (χ2v) is 14.5. The largest absolute Gasteiger partial charge is 0.310 e. The lowest BCUT2D eigenvalue weighted by Crippen LogP contribution is -2.16. The van der Waals surface area contributed by atoms with Gasteiger partial charge in [-0.1, -0.05) is 166 Å². The van der Waals surface area contributed by atoms with Gasteiger partial charge in [0.15, 0.2) is 0 Å². The molecule has 0 atom stereocenters. The van der Waals surface area contributed by atoms with Crippen LogP contribution in [0.5, 0.6) is 0 Å². The summed E-state index contributed by atoms with van der Waals surface area (Å²) < 4.78 is 0. The maximum atomic E-state index is 2.44. The average Bonchev–Trinajstić information content (AvgIpc) is 3.45. The molecule has 0 bridgehead atoms. The zero-order valence-corrected chi connectivity index (χ0v) is 29.3. The first-order valence-electron chi connectivity index (χ1n) is 18.2. The normalized spacial score (nSPS) is 13.0. The minimum absolute atomic E-state index is 0.0822. The van der Waals surface area contributed by atoms with Gasteiger partial charge in [-0.3, -0.25) is 0 Å². The van der Waals surface area contributed by atoms with Gasteiger partial charge in [-0.15, -0.1) is 0 Å². The molecule has 10 rings (SSSR count). The molecule has 1 aliphatic carbocycles. The van der Waals surface area contributed by atoms with Crippen LogP contribution in [0, 0.1) is 0 Å². The van der Waals surface area contributed by atoms with Crippen LogP contribution in [0.2, 0.25) is 0 Å². The topological polar surface area (TPSA) is 3.24 Å². The van der Waals surface area contributed by atoms with Gasteiger partial charge in [-0.2, -0.15) is 0 Å². The quantitative estimate of drug-likeness (QED) is 0.166. The molecule has 0 aliphatic heterocycles. The molecule has 9 aromatic carbocycles. The van der Waals surface area contributed by atoms with Gasteiger partial charge in [0.25, 0.3) is 0 Å². The second kappa shape index (κ2) is 11.8. The average molecular weight is 664 g/mol. The number of rotatable bonds is 5. The van der Waals surface area contributed by atoms with E-state index in [-0.39, 0.29) is 5.41 Å². The molecule has 0 saturated carbocycles. The summed E-state index contributed by atoms with van der Waals surface area (Å²) in [5, 5.41) is 7.71. The van der Waals surface area contributed by atoms with Crippen LogP contribution in [0.15, 0.2) is 188 Å². The van der Waals surface area contributed by atoms with Gasteiger partial charge in [-0.25, -0.2) is 0 Å². The van der Waals surface area contributed by atoms with Crippen molar-refractivity contribution in [1.82, 2.24) is 0 Å². The maximum Gasteiger partial charge on any atom is 0.0543 e. The maximum absolute atomic E-state index is 2.44. The lowest BCUT2D eigenvalue weighted by Gasteiger charge is -2.29. The van der Waals surface area contributed by atoms with Crippen LogP contribution < -0.4 is 4.90 Å². The summed E-state index contributed by atoms with van der Waals surface area (Å²) in [6.07, 6.45) is 0. The Morgan fingerprint density at radius 3 is 1.65 bits per heavy atom. The summed E-state index contributed by atoms with van der Waals surface area (Å²) >= 11 is 0. The number of anilines is 3. The minimum Gasteiger partial charge on any atom is -0.310 e. The smallest absolute Gasteiger partial charge is 0.0543 e. The van der Waals surface area contributed by atoms with Crippen molar-refractivity contribution in [3.05, 3.63) is 199 Å². The summed E-state index contributed by atoms with van der Waals surface area (Å²) in [4.78, 5) is 2.44. The van der Waals surface area contributed by atoms with Crippen molar-refractivity contribution in [3.63, 3.8) is 0 Å². The molecule has 0 spiro atoms. The standard InChI is InChI=1S/C51H37N/c1-51(2)47-16-9-8-15-45(47)50-48(51)17-10-18-49(50)52(40-27-21-35(22-28-40)34-11-4-3-5-12-34)41-29-23-36(24-30-41)39-20-19-38-26-31-43-42-14-7-6-13-37(42)25-32-44(43)46(38)33-39/h3-33H,1-2H3. The molecular formula is C51H37N. The monoisotopic (exact) mass is 663 g/mol. The summed E-state index contributed by atoms with van der Waals surface area (Å²) in [5.41, 5.74) is 13.6. The molecule has 0 radical (unpaired) electrons. The van der Waals surface area contributed by atoms with Crippen molar-refractivity contribution in [1.29, 1.82) is 0 Å². The van der Waals surface area contributed by atoms with Gasteiger partial charge in [0.2, 0.25) is 0 Å². The Morgan fingerprint density at radius 1 is 0.365 bits per heavy atom. The fourth-order valence-electron chi connectivity index (χ4n) is 8.58. The zero-order valence-electron chi connectivity index (χ0n) is 29.3. The molecule has 0 aromatic heterocycles. The Labute approximate surface area is 305 Å². The number of fused-ring (bicyclic) bond motifs is 8. The highest BCUT2D eigenvalue weighted by molar-refractivity contribution is 6.17. The lowest BCUT2D eigenvalue weighted by molar-refractivity contribution is 0.660. The van der Waals surface area contributed by atoms with Crippen LogP contribution in [0.3, 0.4) is 0 Å². The van der Waals surface area contributed by atoms with E-state index in [2.05, 4.69) is 207 Å². The predicted octanol–water partition coefficient (Wildman–Crippen LogP) is 14.3. The number of hydrogen-bond donors (Lipinski definition) is 0. The van der Waals surface area contributed by atoms with Crippen molar-refractivity contribution in [2.24, 2.45) is 0 Å². The highest BCUT2D eigenvalue weighted by Crippen LogP contribution is 2.54. The summed E-state index contributed by atoms with van der Waals surface area (Å²) in [6.45, 7) is 4.70. The number of nitrogens with zero attached hydrogens (tertiary/aromatic N) is 1. The van der Waals surface area contributed by atoms with E-state index in [9.17, 15) is 0 Å². The first-order chi connectivity index (χ1) is 25.5. The van der Waals surface area contributed by atoms with Crippen LogP contribution >= 0.6 is 0 Å². The SMILES string of the molecule is CC1(C)c2ccccc2-c2c(N(c3ccc(-c4ccccc4)cc3)c3ccc(-c4ccc5ccc6c7ccccc7ccc6c5c4)cc3)cccc21. The Kier molecular flexibility index (Phi) is 6.91. The van der Waals surface area contributed by atoms with Gasteiger partial charge >= 0.3 is 0 Å². The molecule has 9 aromatic rings. The van der Waals surface area contributed by atoms with Crippen molar-refractivity contribution in [2.45, 2.75) is 19.3 Å². The molecule has 0 unspecified atom stereocenters. The minimum atomic E-state index is -0.0822. The van der Waals surface area contributed by atoms with Crippen LogP contribution in [0.4, 0.5) is 17.1 Å². The molecule has 52 heavy (non-hydrogen) atoms. The second-order valence-electron chi connectivity index (χ2n) is 14.5. The number of hydrogen-bond acceptors (Lipinski definition) is 1. The predicted molar refractivity (Wildman–Crippen MR) is 222 cm³/mol. The molecule has 1 aliphatic rings. The Bertz CT molecular complexity index is 2790. The van der Waals surface area contributed by atoms with E-state index in [4.69, 9.17) is 0 Å². The van der Waals surface area contributed by atoms with Gasteiger partial charge in [0.1, 0.15) is 0 Å². The third kappa shape index (κ3) is 4.77. The van der Waals surface area contributed by atoms with Crippen molar-refractivity contribution < 1.29 is 0 Å². The Balaban J connectivity index is 1.11. The van der Waals surface area contributed by atoms with Crippen LogP contribution in [-0.2, 0) is 5.41 Å². The highest BCUT2D eigenvalue weighted by Gasteiger charge is 2.37. The molecule has 1 heteroatoms. The molecule has 0 heterocycles. The van der Waals surface area contributed by atoms with Crippen LogP contribution in [0.1, 0.15) is 25.0 Å². The molecule has 0 saturated heterocycles. The summed E-state index contributed by atoms with van der Waals surface area (Å²) in [5.74, 6) is 0. The first kappa shape index (κ1) is 30.4. The molecular weight excluding hydrogens is 627 g/mol. The number of benzene rings is 9. The van der Waals surface area contributed by atoms with Gasteiger partial charge in [0.05, 0.1) is 5.69 Å². The Hall–Kier alpha value is -6.44. The molecule has 246 valence electrons. The molecule has 1 nitrogen and oxygen atoms in total. The summed E-state index contributed by atoms with van der Waals surface area (Å²) in [7, 11) is 0. The third-order valence-electron chi connectivity index (χ3n) is 11.3. The van der Waals surface area contributed by atoms with E-state index in [0.717, 1.165) is 11.4 Å². The molecule has 0 fully saturated rings. The Morgan fingerprint density at radius 2 is 0.904 bits per heavy atom. The lowest BCUT2D eigenvalue weighted by atomic mass is 9.82. The van der Waals surface area contributed by atoms with E-state index < -0.39 is 0 Å². The fourth-order valence-corrected chi connectivity index (χ4v) is 8.58. The van der Waals surface area contributed by atoms with Crippen molar-refractivity contribution in [3.8, 4) is 33.4 Å². The van der Waals surface area contributed by atoms with Crippen LogP contribution in [-0.4, -0.2) is 0 Å². The van der Waals surface area contributed by atoms with Gasteiger partial charge in [-0.05, 0) is 108 Å². The van der Waals surface area contributed by atoms with E-state index >= 15 is 0 Å². The zero-order chi connectivity index (χ0) is 34.8.